The summed E-state index contributed by atoms with van der Waals surface area (Å²) in [6, 6.07) is 10.5. The number of carbonyl (C=O) groups excluding carboxylic acids is 1. The van der Waals surface area contributed by atoms with Crippen LogP contribution in [0.5, 0.6) is 5.75 Å². The normalized spacial score (nSPS) is 19.7. The molecule has 4 rings (SSSR count). The molecule has 1 atom stereocenters. The van der Waals surface area contributed by atoms with Crippen molar-refractivity contribution in [3.63, 3.8) is 0 Å². The fraction of sp³-hybridized carbons (Fsp3) is 0.350. The second kappa shape index (κ2) is 6.35. The summed E-state index contributed by atoms with van der Waals surface area (Å²) in [5.41, 5.74) is 3.66. The van der Waals surface area contributed by atoms with E-state index >= 15 is 0 Å². The van der Waals surface area contributed by atoms with Crippen molar-refractivity contribution in [3.8, 4) is 5.75 Å². The van der Waals surface area contributed by atoms with Gasteiger partial charge in [-0.25, -0.2) is 8.42 Å². The summed E-state index contributed by atoms with van der Waals surface area (Å²) in [5, 5.41) is 0. The topological polar surface area (TPSA) is 66.9 Å². The molecule has 1 unspecified atom stereocenters. The lowest BCUT2D eigenvalue weighted by molar-refractivity contribution is -0.117. The molecule has 27 heavy (non-hydrogen) atoms. The van der Waals surface area contributed by atoms with Gasteiger partial charge in [0.2, 0.25) is 15.9 Å². The summed E-state index contributed by atoms with van der Waals surface area (Å²) in [6.45, 7) is 2.33. The van der Waals surface area contributed by atoms with Crippen LogP contribution in [-0.2, 0) is 27.7 Å². The number of hydrogen-bond acceptors (Lipinski definition) is 4. The number of likely N-dealkylation sites (N-methyl/N-ethyl adjacent to an activating group) is 1. The van der Waals surface area contributed by atoms with Crippen molar-refractivity contribution in [1.82, 2.24) is 4.31 Å². The van der Waals surface area contributed by atoms with Gasteiger partial charge in [0.1, 0.15) is 5.75 Å². The van der Waals surface area contributed by atoms with Gasteiger partial charge in [0.05, 0.1) is 18.4 Å². The van der Waals surface area contributed by atoms with Gasteiger partial charge in [0, 0.05) is 25.3 Å². The average Bonchev–Trinajstić information content (AvgIpc) is 2.95. The van der Waals surface area contributed by atoms with Crippen LogP contribution in [0.15, 0.2) is 41.3 Å². The number of sulfonamides is 1. The highest BCUT2D eigenvalue weighted by Crippen LogP contribution is 2.37. The molecule has 2 aromatic rings. The van der Waals surface area contributed by atoms with E-state index in [-0.39, 0.29) is 23.3 Å². The lowest BCUT2D eigenvalue weighted by Crippen LogP contribution is -2.38. The molecule has 0 aromatic heterocycles. The van der Waals surface area contributed by atoms with Crippen LogP contribution in [0.1, 0.15) is 29.7 Å². The SMILES string of the molecule is COc1ccc2c(c1)CCN(S(=O)(=O)c1ccc3c(c1)CC(=O)N3C)C2C. The fourth-order valence-electron chi connectivity index (χ4n) is 3.98. The molecular formula is C20H22N2O4S. The largest absolute Gasteiger partial charge is 0.497 e. The maximum atomic E-state index is 13.3. The molecule has 0 bridgehead atoms. The van der Waals surface area contributed by atoms with E-state index in [4.69, 9.17) is 4.74 Å². The van der Waals surface area contributed by atoms with Crippen LogP contribution in [0.4, 0.5) is 5.69 Å². The van der Waals surface area contributed by atoms with Crippen LogP contribution >= 0.6 is 0 Å². The summed E-state index contributed by atoms with van der Waals surface area (Å²) < 4.78 is 33.4. The maximum absolute atomic E-state index is 13.3. The standard InChI is InChI=1S/C20H22N2O4S/c1-13-18-6-4-16(26-3)10-14(18)8-9-22(13)27(24,25)17-5-7-19-15(11-17)12-20(23)21(19)2/h4-7,10-11,13H,8-9,12H2,1-3H3. The van der Waals surface area contributed by atoms with E-state index in [1.54, 1.807) is 41.6 Å². The van der Waals surface area contributed by atoms with E-state index in [1.165, 1.54) is 0 Å². The number of hydrogen-bond donors (Lipinski definition) is 0. The minimum Gasteiger partial charge on any atom is -0.497 e. The molecule has 0 aliphatic carbocycles. The highest BCUT2D eigenvalue weighted by atomic mass is 32.2. The second-order valence-corrected chi connectivity index (χ2v) is 8.92. The van der Waals surface area contributed by atoms with Gasteiger partial charge < -0.3 is 9.64 Å². The number of fused-ring (bicyclic) bond motifs is 2. The van der Waals surface area contributed by atoms with E-state index in [0.717, 1.165) is 28.1 Å². The zero-order valence-electron chi connectivity index (χ0n) is 15.6. The molecule has 0 spiro atoms. The van der Waals surface area contributed by atoms with Crippen molar-refractivity contribution >= 4 is 21.6 Å². The molecule has 0 fully saturated rings. The number of carbonyl (C=O) groups is 1. The van der Waals surface area contributed by atoms with Gasteiger partial charge in [0.25, 0.3) is 0 Å². The monoisotopic (exact) mass is 386 g/mol. The van der Waals surface area contributed by atoms with Crippen molar-refractivity contribution in [3.05, 3.63) is 53.1 Å². The second-order valence-electron chi connectivity index (χ2n) is 7.03. The minimum absolute atomic E-state index is 0.0197. The van der Waals surface area contributed by atoms with Crippen molar-refractivity contribution in [1.29, 1.82) is 0 Å². The predicted molar refractivity (Wildman–Crippen MR) is 103 cm³/mol. The van der Waals surface area contributed by atoms with Crippen LogP contribution in [0, 0.1) is 0 Å². The Morgan fingerprint density at radius 2 is 1.89 bits per heavy atom. The number of methoxy groups -OCH3 is 1. The Balaban J connectivity index is 1.69. The molecular weight excluding hydrogens is 364 g/mol. The fourth-order valence-corrected chi connectivity index (χ4v) is 5.65. The van der Waals surface area contributed by atoms with Crippen molar-refractivity contribution in [2.24, 2.45) is 0 Å². The first-order valence-electron chi connectivity index (χ1n) is 8.91. The van der Waals surface area contributed by atoms with Gasteiger partial charge in [-0.05, 0) is 60.4 Å². The summed E-state index contributed by atoms with van der Waals surface area (Å²) in [6.07, 6.45) is 0.885. The molecule has 2 aliphatic rings. The van der Waals surface area contributed by atoms with Gasteiger partial charge in [-0.3, -0.25) is 4.79 Å². The van der Waals surface area contributed by atoms with Gasteiger partial charge in [-0.1, -0.05) is 6.07 Å². The number of anilines is 1. The van der Waals surface area contributed by atoms with E-state index in [1.807, 2.05) is 25.1 Å². The van der Waals surface area contributed by atoms with Crippen molar-refractivity contribution in [2.75, 3.05) is 25.6 Å². The molecule has 0 N–H and O–H groups in total. The van der Waals surface area contributed by atoms with Gasteiger partial charge in [0.15, 0.2) is 0 Å². The third-order valence-corrected chi connectivity index (χ3v) is 7.53. The summed E-state index contributed by atoms with van der Waals surface area (Å²) in [5.74, 6) is 0.762. The Hall–Kier alpha value is -2.38. The van der Waals surface area contributed by atoms with Gasteiger partial charge >= 0.3 is 0 Å². The summed E-state index contributed by atoms with van der Waals surface area (Å²) in [7, 11) is -0.320. The van der Waals surface area contributed by atoms with Crippen LogP contribution in [0.2, 0.25) is 0 Å². The average molecular weight is 386 g/mol. The number of nitrogens with zero attached hydrogens (tertiary/aromatic N) is 2. The predicted octanol–water partition coefficient (Wildman–Crippen LogP) is 2.52. The van der Waals surface area contributed by atoms with Crippen LogP contribution in [-0.4, -0.2) is 39.3 Å². The lowest BCUT2D eigenvalue weighted by Gasteiger charge is -2.34. The Bertz CT molecular complexity index is 1030. The summed E-state index contributed by atoms with van der Waals surface area (Å²) in [4.78, 5) is 13.7. The Labute approximate surface area is 159 Å². The van der Waals surface area contributed by atoms with Crippen LogP contribution < -0.4 is 9.64 Å². The van der Waals surface area contributed by atoms with Gasteiger partial charge in [-0.15, -0.1) is 0 Å². The lowest BCUT2D eigenvalue weighted by atomic mass is 9.95. The molecule has 0 radical (unpaired) electrons. The van der Waals surface area contributed by atoms with E-state index < -0.39 is 10.0 Å². The van der Waals surface area contributed by atoms with Crippen molar-refractivity contribution in [2.45, 2.75) is 30.7 Å². The smallest absolute Gasteiger partial charge is 0.243 e. The first-order valence-corrected chi connectivity index (χ1v) is 10.3. The summed E-state index contributed by atoms with van der Waals surface area (Å²) >= 11 is 0. The quantitative estimate of drug-likeness (QED) is 0.813. The molecule has 2 aromatic carbocycles. The highest BCUT2D eigenvalue weighted by molar-refractivity contribution is 7.89. The maximum Gasteiger partial charge on any atom is 0.243 e. The Kier molecular flexibility index (Phi) is 4.24. The zero-order chi connectivity index (χ0) is 19.3. The Morgan fingerprint density at radius 1 is 1.11 bits per heavy atom. The molecule has 6 nitrogen and oxygen atoms in total. The molecule has 1 amide bonds. The number of ether oxygens (including phenoxy) is 1. The third-order valence-electron chi connectivity index (χ3n) is 5.57. The van der Waals surface area contributed by atoms with E-state index in [0.29, 0.717) is 13.0 Å². The first kappa shape index (κ1) is 18.0. The molecule has 2 aliphatic heterocycles. The van der Waals surface area contributed by atoms with Crippen LogP contribution in [0.25, 0.3) is 0 Å². The molecule has 2 heterocycles. The molecule has 7 heteroatoms. The van der Waals surface area contributed by atoms with Crippen LogP contribution in [0.3, 0.4) is 0 Å². The number of rotatable bonds is 3. The Morgan fingerprint density at radius 3 is 2.63 bits per heavy atom. The molecule has 0 saturated carbocycles. The number of amides is 1. The van der Waals surface area contributed by atoms with E-state index in [9.17, 15) is 13.2 Å². The van der Waals surface area contributed by atoms with E-state index in [2.05, 4.69) is 0 Å². The molecule has 0 saturated heterocycles. The van der Waals surface area contributed by atoms with Crippen molar-refractivity contribution < 1.29 is 17.9 Å². The molecule has 142 valence electrons. The number of benzene rings is 2. The third kappa shape index (κ3) is 2.82. The highest BCUT2D eigenvalue weighted by Gasteiger charge is 2.35. The van der Waals surface area contributed by atoms with Gasteiger partial charge in [-0.2, -0.15) is 4.31 Å². The minimum atomic E-state index is -3.65. The zero-order valence-corrected chi connectivity index (χ0v) is 16.4. The first-order chi connectivity index (χ1) is 12.8.